The van der Waals surface area contributed by atoms with Gasteiger partial charge < -0.3 is 9.47 Å². The fourth-order valence-electron chi connectivity index (χ4n) is 1.15. The van der Waals surface area contributed by atoms with E-state index in [0.717, 1.165) is 0 Å². The smallest absolute Gasteiger partial charge is 0.337 e. The molecule has 0 radical (unpaired) electrons. The van der Waals surface area contributed by atoms with Gasteiger partial charge in [0.05, 0.1) is 24.6 Å². The number of benzene rings is 1. The van der Waals surface area contributed by atoms with Crippen LogP contribution < -0.4 is 4.74 Å². The summed E-state index contributed by atoms with van der Waals surface area (Å²) in [6.07, 6.45) is 0.365. The molecular weight excluding hydrogens is 288 g/mol. The summed E-state index contributed by atoms with van der Waals surface area (Å²) in [7, 11) is 1.33. The Balaban J connectivity index is 2.46. The molecule has 1 aromatic rings. The van der Waals surface area contributed by atoms with Crippen LogP contribution in [0, 0.1) is 0 Å². The maximum atomic E-state index is 11.2. The van der Waals surface area contributed by atoms with Crippen molar-refractivity contribution in [2.24, 2.45) is 0 Å². The average molecular weight is 301 g/mol. The minimum Gasteiger partial charge on any atom is -0.493 e. The van der Waals surface area contributed by atoms with Gasteiger partial charge in [-0.05, 0) is 24.3 Å². The van der Waals surface area contributed by atoms with Crippen molar-refractivity contribution in [3.05, 3.63) is 29.8 Å². The van der Waals surface area contributed by atoms with E-state index in [1.54, 1.807) is 24.3 Å². The maximum absolute atomic E-state index is 11.2. The number of methoxy groups -OCH3 is 1. The topological polar surface area (TPSA) is 52.6 Å². The van der Waals surface area contributed by atoms with Crippen LogP contribution in [0.3, 0.4) is 0 Å². The first-order valence-electron chi connectivity index (χ1n) is 5.06. The van der Waals surface area contributed by atoms with E-state index in [1.165, 1.54) is 7.11 Å². The minimum absolute atomic E-state index is 0.0937. The Morgan fingerprint density at radius 1 is 1.24 bits per heavy atom. The van der Waals surface area contributed by atoms with Gasteiger partial charge in [0.15, 0.2) is 0 Å². The molecule has 0 bridgehead atoms. The molecule has 0 N–H and O–H groups in total. The van der Waals surface area contributed by atoms with E-state index in [-0.39, 0.29) is 11.8 Å². The molecule has 0 fully saturated rings. The number of rotatable bonds is 6. The van der Waals surface area contributed by atoms with E-state index in [2.05, 4.69) is 20.7 Å². The molecule has 17 heavy (non-hydrogen) atoms. The molecule has 0 spiro atoms. The molecule has 0 aromatic heterocycles. The third kappa shape index (κ3) is 4.56. The van der Waals surface area contributed by atoms with Crippen molar-refractivity contribution in [3.8, 4) is 5.75 Å². The second-order valence-electron chi connectivity index (χ2n) is 3.29. The highest BCUT2D eigenvalue weighted by molar-refractivity contribution is 9.09. The molecule has 5 heteroatoms. The summed E-state index contributed by atoms with van der Waals surface area (Å²) in [4.78, 5) is 22.2. The summed E-state index contributed by atoms with van der Waals surface area (Å²) < 4.78 is 9.93. The van der Waals surface area contributed by atoms with E-state index >= 15 is 0 Å². The fourth-order valence-corrected chi connectivity index (χ4v) is 1.43. The van der Waals surface area contributed by atoms with Crippen LogP contribution in [0.15, 0.2) is 24.3 Å². The highest BCUT2D eigenvalue weighted by Crippen LogP contribution is 2.13. The lowest BCUT2D eigenvalue weighted by Crippen LogP contribution is -2.07. The highest BCUT2D eigenvalue weighted by Gasteiger charge is 2.05. The molecule has 1 aromatic carbocycles. The molecule has 0 heterocycles. The molecule has 0 atom stereocenters. The van der Waals surface area contributed by atoms with Crippen LogP contribution in [-0.4, -0.2) is 30.8 Å². The summed E-state index contributed by atoms with van der Waals surface area (Å²) in [6, 6.07) is 6.58. The summed E-state index contributed by atoms with van der Waals surface area (Å²) >= 11 is 3.08. The lowest BCUT2D eigenvalue weighted by atomic mass is 10.2. The summed E-state index contributed by atoms with van der Waals surface area (Å²) in [5.41, 5.74) is 0.469. The predicted molar refractivity (Wildman–Crippen MR) is 66.7 cm³/mol. The van der Waals surface area contributed by atoms with Crippen molar-refractivity contribution in [3.63, 3.8) is 0 Å². The normalized spacial score (nSPS) is 9.76. The Morgan fingerprint density at radius 2 is 1.88 bits per heavy atom. The third-order valence-electron chi connectivity index (χ3n) is 2.07. The predicted octanol–water partition coefficient (Wildman–Crippen LogP) is 2.21. The number of carbonyl (C=O) groups excluding carboxylic acids is 2. The number of hydrogen-bond donors (Lipinski definition) is 0. The van der Waals surface area contributed by atoms with E-state index in [4.69, 9.17) is 4.74 Å². The number of alkyl halides is 1. The monoisotopic (exact) mass is 300 g/mol. The summed E-state index contributed by atoms with van der Waals surface area (Å²) in [5.74, 6) is 0.335. The SMILES string of the molecule is COC(=O)c1ccc(OCCC(=O)CBr)cc1. The number of ether oxygens (including phenoxy) is 2. The van der Waals surface area contributed by atoms with Gasteiger partial charge in [0.25, 0.3) is 0 Å². The maximum Gasteiger partial charge on any atom is 0.337 e. The number of hydrogen-bond acceptors (Lipinski definition) is 4. The van der Waals surface area contributed by atoms with Gasteiger partial charge in [-0.3, -0.25) is 4.79 Å². The van der Waals surface area contributed by atoms with E-state index in [9.17, 15) is 9.59 Å². The van der Waals surface area contributed by atoms with Crippen molar-refractivity contribution < 1.29 is 19.1 Å². The Labute approximate surface area is 108 Å². The van der Waals surface area contributed by atoms with Gasteiger partial charge in [0, 0.05) is 6.42 Å². The van der Waals surface area contributed by atoms with Gasteiger partial charge in [0.2, 0.25) is 0 Å². The molecular formula is C12H13BrO4. The molecule has 0 unspecified atom stereocenters. The van der Waals surface area contributed by atoms with Crippen molar-refractivity contribution >= 4 is 27.7 Å². The highest BCUT2D eigenvalue weighted by atomic mass is 79.9. The van der Waals surface area contributed by atoms with Crippen LogP contribution in [0.25, 0.3) is 0 Å². The second-order valence-corrected chi connectivity index (χ2v) is 3.85. The van der Waals surface area contributed by atoms with Crippen LogP contribution in [0.5, 0.6) is 5.75 Å². The molecule has 0 amide bonds. The van der Waals surface area contributed by atoms with Crippen LogP contribution >= 0.6 is 15.9 Å². The van der Waals surface area contributed by atoms with Crippen LogP contribution in [-0.2, 0) is 9.53 Å². The average Bonchev–Trinajstić information content (AvgIpc) is 2.38. The van der Waals surface area contributed by atoms with Crippen molar-refractivity contribution in [2.45, 2.75) is 6.42 Å². The Bertz CT molecular complexity index is 386. The number of carbonyl (C=O) groups is 2. The Hall–Kier alpha value is -1.36. The molecule has 0 aliphatic rings. The second kappa shape index (κ2) is 7.06. The van der Waals surface area contributed by atoms with Gasteiger partial charge >= 0.3 is 5.97 Å². The minimum atomic E-state index is -0.383. The molecule has 0 saturated heterocycles. The summed E-state index contributed by atoms with van der Waals surface area (Å²) in [5, 5.41) is 0.345. The molecule has 0 saturated carbocycles. The van der Waals surface area contributed by atoms with E-state index in [1.807, 2.05) is 0 Å². The fraction of sp³-hybridized carbons (Fsp3) is 0.333. The van der Waals surface area contributed by atoms with E-state index in [0.29, 0.717) is 29.7 Å². The first-order valence-corrected chi connectivity index (χ1v) is 6.18. The third-order valence-corrected chi connectivity index (χ3v) is 2.70. The molecule has 4 nitrogen and oxygen atoms in total. The lowest BCUT2D eigenvalue weighted by molar-refractivity contribution is -0.116. The quantitative estimate of drug-likeness (QED) is 0.597. The zero-order valence-corrected chi connectivity index (χ0v) is 11.0. The lowest BCUT2D eigenvalue weighted by Gasteiger charge is -2.05. The van der Waals surface area contributed by atoms with Crippen molar-refractivity contribution in [2.75, 3.05) is 19.0 Å². The van der Waals surface area contributed by atoms with Crippen molar-refractivity contribution in [1.29, 1.82) is 0 Å². The number of halogens is 1. The zero-order valence-electron chi connectivity index (χ0n) is 9.44. The van der Waals surface area contributed by atoms with Gasteiger partial charge in [0.1, 0.15) is 11.5 Å². The first kappa shape index (κ1) is 13.7. The number of ketones is 1. The molecule has 1 rings (SSSR count). The molecule has 92 valence electrons. The van der Waals surface area contributed by atoms with Crippen LogP contribution in [0.2, 0.25) is 0 Å². The Morgan fingerprint density at radius 3 is 2.41 bits per heavy atom. The number of Topliss-reactive ketones (excluding diaryl/α,β-unsaturated/α-hetero) is 1. The number of esters is 1. The van der Waals surface area contributed by atoms with E-state index < -0.39 is 0 Å². The van der Waals surface area contributed by atoms with Crippen molar-refractivity contribution in [1.82, 2.24) is 0 Å². The molecule has 0 aliphatic carbocycles. The van der Waals surface area contributed by atoms with Crippen LogP contribution in [0.4, 0.5) is 0 Å². The standard InChI is InChI=1S/C12H13BrO4/c1-16-12(15)9-2-4-11(5-3-9)17-7-6-10(14)8-13/h2-5H,6-8H2,1H3. The van der Waals surface area contributed by atoms with Gasteiger partial charge in [-0.1, -0.05) is 15.9 Å². The Kier molecular flexibility index (Phi) is 5.69. The largest absolute Gasteiger partial charge is 0.493 e. The first-order chi connectivity index (χ1) is 8.17. The van der Waals surface area contributed by atoms with Gasteiger partial charge in [-0.15, -0.1) is 0 Å². The summed E-state index contributed by atoms with van der Waals surface area (Å²) in [6.45, 7) is 0.335. The molecule has 0 aliphatic heterocycles. The van der Waals surface area contributed by atoms with Gasteiger partial charge in [-0.25, -0.2) is 4.79 Å². The van der Waals surface area contributed by atoms with Gasteiger partial charge in [-0.2, -0.15) is 0 Å². The zero-order chi connectivity index (χ0) is 12.7. The van der Waals surface area contributed by atoms with Crippen LogP contribution in [0.1, 0.15) is 16.8 Å².